The molecule has 5 heteroatoms. The van der Waals surface area contributed by atoms with E-state index in [0.29, 0.717) is 18.0 Å². The summed E-state index contributed by atoms with van der Waals surface area (Å²) in [4.78, 5) is 13.0. The van der Waals surface area contributed by atoms with Crippen molar-refractivity contribution < 1.29 is 4.79 Å². The Balaban J connectivity index is 1.49. The lowest BCUT2D eigenvalue weighted by atomic mass is 9.84. The van der Waals surface area contributed by atoms with Gasteiger partial charge in [0.1, 0.15) is 0 Å². The average Bonchev–Trinajstić information content (AvgIpc) is 3.32. The maximum Gasteiger partial charge on any atom is 0.255 e. The minimum atomic E-state index is 0.00526. The van der Waals surface area contributed by atoms with Crippen molar-refractivity contribution in [2.75, 3.05) is 0 Å². The van der Waals surface area contributed by atoms with Crippen LogP contribution in [0.4, 0.5) is 0 Å². The molecule has 2 fully saturated rings. The van der Waals surface area contributed by atoms with Crippen molar-refractivity contribution in [1.82, 2.24) is 15.1 Å². The predicted octanol–water partition coefficient (Wildman–Crippen LogP) is 4.76. The molecular formula is C22H28ClN3O. The molecule has 2 saturated carbocycles. The Bertz CT molecular complexity index is 859. The molecule has 0 radical (unpaired) electrons. The van der Waals surface area contributed by atoms with Crippen LogP contribution >= 0.6 is 11.6 Å². The Morgan fingerprint density at radius 2 is 2.07 bits per heavy atom. The maximum atomic E-state index is 13.0. The molecule has 4 unspecified atom stereocenters. The van der Waals surface area contributed by atoms with Gasteiger partial charge in [-0.05, 0) is 69.4 Å². The third-order valence-corrected chi connectivity index (χ3v) is 7.05. The highest BCUT2D eigenvalue weighted by Gasteiger charge is 2.42. The Morgan fingerprint density at radius 1 is 1.30 bits per heavy atom. The first-order valence-electron chi connectivity index (χ1n) is 10.0. The van der Waals surface area contributed by atoms with Crippen molar-refractivity contribution >= 4 is 17.5 Å². The molecule has 1 N–H and O–H groups in total. The maximum absolute atomic E-state index is 13.0. The van der Waals surface area contributed by atoms with Gasteiger partial charge in [0.25, 0.3) is 5.91 Å². The van der Waals surface area contributed by atoms with E-state index in [-0.39, 0.29) is 11.9 Å². The molecule has 0 aliphatic heterocycles. The summed E-state index contributed by atoms with van der Waals surface area (Å²) >= 11 is 6.29. The number of carbonyl (C=O) groups is 1. The van der Waals surface area contributed by atoms with Crippen molar-refractivity contribution in [3.05, 3.63) is 51.8 Å². The third-order valence-electron chi connectivity index (χ3n) is 6.68. The summed E-state index contributed by atoms with van der Waals surface area (Å²) in [5.74, 6) is 2.33. The first-order valence-corrected chi connectivity index (χ1v) is 10.4. The summed E-state index contributed by atoms with van der Waals surface area (Å²) in [6, 6.07) is 7.99. The molecule has 144 valence electrons. The van der Waals surface area contributed by atoms with E-state index in [0.717, 1.165) is 33.8 Å². The molecular weight excluding hydrogens is 358 g/mol. The molecule has 27 heavy (non-hydrogen) atoms. The van der Waals surface area contributed by atoms with Gasteiger partial charge in [0, 0.05) is 16.8 Å². The molecule has 4 rings (SSSR count). The number of hydrogen-bond acceptors (Lipinski definition) is 2. The molecule has 2 aliphatic rings. The zero-order chi connectivity index (χ0) is 19.1. The lowest BCUT2D eigenvalue weighted by Gasteiger charge is -2.28. The highest BCUT2D eigenvalue weighted by molar-refractivity contribution is 6.31. The number of aromatic nitrogens is 2. The molecule has 2 bridgehead atoms. The fourth-order valence-electron chi connectivity index (χ4n) is 5.26. The van der Waals surface area contributed by atoms with Gasteiger partial charge in [-0.15, -0.1) is 0 Å². The van der Waals surface area contributed by atoms with E-state index in [1.165, 1.54) is 25.7 Å². The van der Waals surface area contributed by atoms with Gasteiger partial charge >= 0.3 is 0 Å². The van der Waals surface area contributed by atoms with Gasteiger partial charge in [-0.3, -0.25) is 9.48 Å². The molecule has 2 aliphatic carbocycles. The highest BCUT2D eigenvalue weighted by atomic mass is 35.5. The lowest BCUT2D eigenvalue weighted by Crippen LogP contribution is -2.40. The van der Waals surface area contributed by atoms with E-state index in [2.05, 4.69) is 17.3 Å². The van der Waals surface area contributed by atoms with Gasteiger partial charge in [0.2, 0.25) is 0 Å². The smallest absolute Gasteiger partial charge is 0.255 e. The summed E-state index contributed by atoms with van der Waals surface area (Å²) in [7, 11) is 0. The summed E-state index contributed by atoms with van der Waals surface area (Å²) in [6.07, 6.45) is 5.35. The second-order valence-corrected chi connectivity index (χ2v) is 8.80. The van der Waals surface area contributed by atoms with E-state index in [9.17, 15) is 4.79 Å². The summed E-state index contributed by atoms with van der Waals surface area (Å²) in [5, 5.41) is 8.61. The van der Waals surface area contributed by atoms with Crippen molar-refractivity contribution in [2.24, 2.45) is 17.8 Å². The zero-order valence-corrected chi connectivity index (χ0v) is 17.1. The number of rotatable bonds is 5. The first-order chi connectivity index (χ1) is 12.9. The zero-order valence-electron chi connectivity index (χ0n) is 16.3. The van der Waals surface area contributed by atoms with Gasteiger partial charge in [-0.2, -0.15) is 5.10 Å². The van der Waals surface area contributed by atoms with Crippen molar-refractivity contribution in [1.29, 1.82) is 0 Å². The van der Waals surface area contributed by atoms with Crippen LogP contribution in [0.1, 0.15) is 59.9 Å². The largest absolute Gasteiger partial charge is 0.349 e. The van der Waals surface area contributed by atoms with E-state index in [1.807, 2.05) is 42.8 Å². The van der Waals surface area contributed by atoms with Crippen LogP contribution in [0.3, 0.4) is 0 Å². The minimum Gasteiger partial charge on any atom is -0.349 e. The van der Waals surface area contributed by atoms with Crippen LogP contribution in [0.2, 0.25) is 5.02 Å². The number of amides is 1. The molecule has 1 aromatic carbocycles. The normalized spacial score (nSPS) is 25.0. The summed E-state index contributed by atoms with van der Waals surface area (Å²) in [5.41, 5.74) is 3.38. The van der Waals surface area contributed by atoms with Crippen LogP contribution in [0, 0.1) is 31.6 Å². The molecule has 0 saturated heterocycles. The average molecular weight is 386 g/mol. The van der Waals surface area contributed by atoms with Gasteiger partial charge in [0.15, 0.2) is 0 Å². The van der Waals surface area contributed by atoms with Crippen molar-refractivity contribution in [3.8, 4) is 0 Å². The molecule has 1 amide bonds. The fourth-order valence-corrected chi connectivity index (χ4v) is 5.46. The predicted molar refractivity (Wildman–Crippen MR) is 108 cm³/mol. The number of nitrogens with zero attached hydrogens (tertiary/aromatic N) is 2. The standard InChI is InChI=1S/C22H28ClN3O/c1-13(19-11-16-8-9-17(19)10-16)24-22(27)21-14(2)25-26(15(21)3)12-18-6-4-5-7-20(18)23/h4-7,13,16-17,19H,8-12H2,1-3H3,(H,24,27). The third kappa shape index (κ3) is 3.52. The van der Waals surface area contributed by atoms with Gasteiger partial charge in [0.05, 0.1) is 17.8 Å². The number of aryl methyl sites for hydroxylation is 1. The highest BCUT2D eigenvalue weighted by Crippen LogP contribution is 2.49. The Labute approximate surface area is 166 Å². The summed E-state index contributed by atoms with van der Waals surface area (Å²) in [6.45, 7) is 6.62. The quantitative estimate of drug-likeness (QED) is 0.806. The number of nitrogens with one attached hydrogen (secondary N) is 1. The number of fused-ring (bicyclic) bond motifs is 2. The number of carbonyl (C=O) groups excluding carboxylic acids is 1. The van der Waals surface area contributed by atoms with Crippen molar-refractivity contribution in [2.45, 2.75) is 59.0 Å². The van der Waals surface area contributed by atoms with E-state index < -0.39 is 0 Å². The lowest BCUT2D eigenvalue weighted by molar-refractivity contribution is 0.0914. The molecule has 0 spiro atoms. The summed E-state index contributed by atoms with van der Waals surface area (Å²) < 4.78 is 1.88. The van der Waals surface area contributed by atoms with Crippen LogP contribution in [0.15, 0.2) is 24.3 Å². The monoisotopic (exact) mass is 385 g/mol. The van der Waals surface area contributed by atoms with Crippen LogP contribution in [-0.2, 0) is 6.54 Å². The van der Waals surface area contributed by atoms with Crippen LogP contribution in [-0.4, -0.2) is 21.7 Å². The van der Waals surface area contributed by atoms with Gasteiger partial charge in [-0.1, -0.05) is 36.2 Å². The van der Waals surface area contributed by atoms with Gasteiger partial charge in [-0.25, -0.2) is 0 Å². The second-order valence-electron chi connectivity index (χ2n) is 8.40. The number of halogens is 1. The molecule has 1 heterocycles. The van der Waals surface area contributed by atoms with Crippen molar-refractivity contribution in [3.63, 3.8) is 0 Å². The molecule has 4 atom stereocenters. The van der Waals surface area contributed by atoms with Crippen LogP contribution < -0.4 is 5.32 Å². The Kier molecular flexibility index (Phi) is 5.02. The molecule has 1 aromatic heterocycles. The second kappa shape index (κ2) is 7.31. The first kappa shape index (κ1) is 18.5. The van der Waals surface area contributed by atoms with Crippen LogP contribution in [0.25, 0.3) is 0 Å². The van der Waals surface area contributed by atoms with E-state index in [4.69, 9.17) is 11.6 Å². The molecule has 4 nitrogen and oxygen atoms in total. The fraction of sp³-hybridized carbons (Fsp3) is 0.545. The topological polar surface area (TPSA) is 46.9 Å². The number of hydrogen-bond donors (Lipinski definition) is 1. The Morgan fingerprint density at radius 3 is 2.74 bits per heavy atom. The van der Waals surface area contributed by atoms with E-state index in [1.54, 1.807) is 0 Å². The molecule has 2 aromatic rings. The SMILES string of the molecule is Cc1nn(Cc2ccccc2Cl)c(C)c1C(=O)NC(C)C1CC2CCC1C2. The number of benzene rings is 1. The Hall–Kier alpha value is -1.81. The van der Waals surface area contributed by atoms with Gasteiger partial charge < -0.3 is 5.32 Å². The van der Waals surface area contributed by atoms with E-state index >= 15 is 0 Å². The minimum absolute atomic E-state index is 0.00526. The van der Waals surface area contributed by atoms with Crippen LogP contribution in [0.5, 0.6) is 0 Å².